The molecule has 0 spiro atoms. The van der Waals surface area contributed by atoms with Gasteiger partial charge in [-0.25, -0.2) is 14.1 Å². The molecule has 3 rings (SSSR count). The molecule has 2 aromatic heterocycles. The summed E-state index contributed by atoms with van der Waals surface area (Å²) in [4.78, 5) is 16.5. The lowest BCUT2D eigenvalue weighted by molar-refractivity contribution is -0.115. The molecular weight excluding hydrogens is 351 g/mol. The van der Waals surface area contributed by atoms with Gasteiger partial charge in [-0.2, -0.15) is 5.10 Å². The first kappa shape index (κ1) is 16.6. The first-order chi connectivity index (χ1) is 11.5. The maximum absolute atomic E-state index is 13.5. The first-order valence-electron chi connectivity index (χ1n) is 7.16. The number of hydrogen-bond acceptors (Lipinski definition) is 4. The van der Waals surface area contributed by atoms with Crippen LogP contribution in [0.2, 0.25) is 5.02 Å². The van der Waals surface area contributed by atoms with Crippen LogP contribution in [0.4, 0.5) is 10.1 Å². The number of anilines is 1. The molecule has 5 nitrogen and oxygen atoms in total. The molecule has 0 fully saturated rings. The molecule has 0 aliphatic carbocycles. The smallest absolute Gasteiger partial charge is 0.230 e. The third kappa shape index (κ3) is 3.32. The molecule has 1 amide bonds. The lowest BCUT2D eigenvalue weighted by Crippen LogP contribution is -2.15. The van der Waals surface area contributed by atoms with Crippen molar-refractivity contribution < 1.29 is 9.18 Å². The van der Waals surface area contributed by atoms with Gasteiger partial charge in [-0.3, -0.25) is 4.79 Å². The van der Waals surface area contributed by atoms with Crippen LogP contribution in [0.1, 0.15) is 17.1 Å². The zero-order valence-electron chi connectivity index (χ0n) is 13.0. The Morgan fingerprint density at radius 3 is 2.79 bits per heavy atom. The molecule has 8 heteroatoms. The number of hydrogen-bond donors (Lipinski definition) is 1. The molecule has 3 aromatic rings. The van der Waals surface area contributed by atoms with Gasteiger partial charge in [0.1, 0.15) is 5.82 Å². The van der Waals surface area contributed by atoms with E-state index in [1.807, 2.05) is 13.8 Å². The minimum absolute atomic E-state index is 0.0534. The van der Waals surface area contributed by atoms with Gasteiger partial charge in [0, 0.05) is 5.38 Å². The summed E-state index contributed by atoms with van der Waals surface area (Å²) in [5.41, 5.74) is 2.27. The van der Waals surface area contributed by atoms with E-state index in [1.54, 1.807) is 22.2 Å². The van der Waals surface area contributed by atoms with Crippen molar-refractivity contribution in [2.75, 3.05) is 5.32 Å². The van der Waals surface area contributed by atoms with Gasteiger partial charge in [0.2, 0.25) is 11.0 Å². The zero-order valence-corrected chi connectivity index (χ0v) is 14.6. The van der Waals surface area contributed by atoms with Crippen LogP contribution in [0, 0.1) is 19.7 Å². The predicted molar refractivity (Wildman–Crippen MR) is 92.5 cm³/mol. The SMILES string of the molecule is Cc1nn(-c2nc(CC(=O)Nc3ccccc3F)cs2)c(C)c1Cl. The Kier molecular flexibility index (Phi) is 4.64. The number of para-hydroxylation sites is 1. The van der Waals surface area contributed by atoms with Crippen LogP contribution >= 0.6 is 22.9 Å². The number of benzene rings is 1. The average molecular weight is 365 g/mol. The van der Waals surface area contributed by atoms with Gasteiger partial charge in [-0.05, 0) is 26.0 Å². The van der Waals surface area contributed by atoms with Crippen molar-refractivity contribution in [1.82, 2.24) is 14.8 Å². The van der Waals surface area contributed by atoms with Gasteiger partial charge >= 0.3 is 0 Å². The van der Waals surface area contributed by atoms with Crippen molar-refractivity contribution in [2.24, 2.45) is 0 Å². The average Bonchev–Trinajstić information content (AvgIpc) is 3.10. The maximum Gasteiger partial charge on any atom is 0.230 e. The third-order valence-electron chi connectivity index (χ3n) is 3.41. The Bertz CT molecular complexity index is 905. The molecule has 24 heavy (non-hydrogen) atoms. The maximum atomic E-state index is 13.5. The Labute approximate surface area is 147 Å². The topological polar surface area (TPSA) is 59.8 Å². The molecule has 0 aliphatic heterocycles. The van der Waals surface area contributed by atoms with Gasteiger partial charge in [0.05, 0.1) is 34.2 Å². The van der Waals surface area contributed by atoms with Gasteiger partial charge in [0.15, 0.2) is 0 Å². The van der Waals surface area contributed by atoms with E-state index in [2.05, 4.69) is 15.4 Å². The Morgan fingerprint density at radius 1 is 1.38 bits per heavy atom. The summed E-state index contributed by atoms with van der Waals surface area (Å²) in [6, 6.07) is 6.03. The molecule has 0 bridgehead atoms. The summed E-state index contributed by atoms with van der Waals surface area (Å²) in [5.74, 6) is -0.801. The molecule has 0 aliphatic rings. The molecule has 0 unspecified atom stereocenters. The highest BCUT2D eigenvalue weighted by molar-refractivity contribution is 7.12. The number of nitrogens with one attached hydrogen (secondary N) is 1. The molecule has 0 saturated carbocycles. The summed E-state index contributed by atoms with van der Waals surface area (Å²) in [7, 11) is 0. The van der Waals surface area contributed by atoms with Crippen molar-refractivity contribution in [3.63, 3.8) is 0 Å². The fourth-order valence-corrected chi connectivity index (χ4v) is 3.15. The van der Waals surface area contributed by atoms with Crippen LogP contribution in [0.3, 0.4) is 0 Å². The first-order valence-corrected chi connectivity index (χ1v) is 8.42. The van der Waals surface area contributed by atoms with E-state index in [1.165, 1.54) is 23.5 Å². The van der Waals surface area contributed by atoms with Crippen LogP contribution in [0.25, 0.3) is 5.13 Å². The minimum atomic E-state index is -0.470. The molecule has 0 saturated heterocycles. The second kappa shape index (κ2) is 6.70. The zero-order chi connectivity index (χ0) is 17.3. The van der Waals surface area contributed by atoms with Gasteiger partial charge in [-0.15, -0.1) is 11.3 Å². The molecule has 1 aromatic carbocycles. The molecule has 0 atom stereocenters. The standard InChI is InChI=1S/C16H14ClFN4OS/c1-9-15(17)10(2)22(21-9)16-19-11(8-24-16)7-14(23)20-13-6-4-3-5-12(13)18/h3-6,8H,7H2,1-2H3,(H,20,23). The van der Waals surface area contributed by atoms with Crippen LogP contribution in [-0.2, 0) is 11.2 Å². The fourth-order valence-electron chi connectivity index (χ4n) is 2.21. The van der Waals surface area contributed by atoms with Gasteiger partial charge < -0.3 is 5.32 Å². The largest absolute Gasteiger partial charge is 0.323 e. The number of aromatic nitrogens is 3. The highest BCUT2D eigenvalue weighted by atomic mass is 35.5. The fraction of sp³-hybridized carbons (Fsp3) is 0.188. The van der Waals surface area contributed by atoms with E-state index in [-0.39, 0.29) is 18.0 Å². The summed E-state index contributed by atoms with van der Waals surface area (Å²) in [5, 5.41) is 9.89. The van der Waals surface area contributed by atoms with Crippen molar-refractivity contribution in [3.8, 4) is 5.13 Å². The van der Waals surface area contributed by atoms with Crippen LogP contribution in [0.15, 0.2) is 29.6 Å². The van der Waals surface area contributed by atoms with Crippen molar-refractivity contribution >= 4 is 34.5 Å². The predicted octanol–water partition coefficient (Wildman–Crippen LogP) is 3.92. The van der Waals surface area contributed by atoms with Crippen molar-refractivity contribution in [1.29, 1.82) is 0 Å². The van der Waals surface area contributed by atoms with Crippen LogP contribution < -0.4 is 5.32 Å². The summed E-state index contributed by atoms with van der Waals surface area (Å²) in [6.07, 6.45) is 0.0534. The highest BCUT2D eigenvalue weighted by Crippen LogP contribution is 2.24. The number of carbonyl (C=O) groups excluding carboxylic acids is 1. The van der Waals surface area contributed by atoms with Crippen LogP contribution in [-0.4, -0.2) is 20.7 Å². The third-order valence-corrected chi connectivity index (χ3v) is 4.83. The summed E-state index contributed by atoms with van der Waals surface area (Å²) in [6.45, 7) is 3.68. The molecule has 124 valence electrons. The Hall–Kier alpha value is -2.25. The highest BCUT2D eigenvalue weighted by Gasteiger charge is 2.15. The number of nitrogens with zero attached hydrogens (tertiary/aromatic N) is 3. The number of thiazole rings is 1. The van der Waals surface area contributed by atoms with E-state index in [0.29, 0.717) is 15.8 Å². The Balaban J connectivity index is 1.73. The quantitative estimate of drug-likeness (QED) is 0.763. The molecule has 2 heterocycles. The van der Waals surface area contributed by atoms with E-state index in [9.17, 15) is 9.18 Å². The Morgan fingerprint density at radius 2 is 2.12 bits per heavy atom. The normalized spacial score (nSPS) is 10.8. The second-order valence-electron chi connectivity index (χ2n) is 5.22. The lowest BCUT2D eigenvalue weighted by Gasteiger charge is -2.04. The molecule has 0 radical (unpaired) electrons. The summed E-state index contributed by atoms with van der Waals surface area (Å²) >= 11 is 7.51. The lowest BCUT2D eigenvalue weighted by atomic mass is 10.2. The van der Waals surface area contributed by atoms with E-state index < -0.39 is 5.82 Å². The number of amides is 1. The summed E-state index contributed by atoms with van der Waals surface area (Å²) < 4.78 is 15.2. The van der Waals surface area contributed by atoms with E-state index in [0.717, 1.165) is 11.4 Å². The monoisotopic (exact) mass is 364 g/mol. The second-order valence-corrected chi connectivity index (χ2v) is 6.44. The minimum Gasteiger partial charge on any atom is -0.323 e. The van der Waals surface area contributed by atoms with Gasteiger partial charge in [-0.1, -0.05) is 23.7 Å². The van der Waals surface area contributed by atoms with E-state index >= 15 is 0 Å². The molecular formula is C16H14ClFN4OS. The van der Waals surface area contributed by atoms with Gasteiger partial charge in [0.25, 0.3) is 0 Å². The number of aryl methyl sites for hydroxylation is 1. The van der Waals surface area contributed by atoms with Crippen LogP contribution in [0.5, 0.6) is 0 Å². The number of carbonyl (C=O) groups is 1. The number of rotatable bonds is 4. The molecule has 1 N–H and O–H groups in total. The van der Waals surface area contributed by atoms with E-state index in [4.69, 9.17) is 11.6 Å². The van der Waals surface area contributed by atoms with Crippen molar-refractivity contribution in [3.05, 3.63) is 57.6 Å². The van der Waals surface area contributed by atoms with Crippen molar-refractivity contribution in [2.45, 2.75) is 20.3 Å². The number of halogens is 2.